The summed E-state index contributed by atoms with van der Waals surface area (Å²) in [5.41, 5.74) is 1.73. The molecule has 0 unspecified atom stereocenters. The van der Waals surface area contributed by atoms with Gasteiger partial charge < -0.3 is 24.6 Å². The number of anilines is 1. The number of rotatable bonds is 4. The second-order valence-electron chi connectivity index (χ2n) is 8.03. The van der Waals surface area contributed by atoms with Crippen LogP contribution in [0.1, 0.15) is 5.56 Å². The second kappa shape index (κ2) is 9.27. The minimum atomic E-state index is -0.471. The molecule has 1 saturated heterocycles. The number of esters is 1. The van der Waals surface area contributed by atoms with Gasteiger partial charge in [0.2, 0.25) is 5.90 Å². The second-order valence-corrected chi connectivity index (χ2v) is 8.03. The van der Waals surface area contributed by atoms with Crippen LogP contribution in [0.5, 0.6) is 5.75 Å². The molecule has 172 valence electrons. The van der Waals surface area contributed by atoms with Gasteiger partial charge in [-0.1, -0.05) is 42.5 Å². The summed E-state index contributed by atoms with van der Waals surface area (Å²) < 4.78 is 10.7. The van der Waals surface area contributed by atoms with Crippen molar-refractivity contribution in [3.05, 3.63) is 84.2 Å². The van der Waals surface area contributed by atoms with Crippen molar-refractivity contribution in [3.8, 4) is 5.75 Å². The summed E-state index contributed by atoms with van der Waals surface area (Å²) in [6.07, 6.45) is 1.72. The summed E-state index contributed by atoms with van der Waals surface area (Å²) in [7, 11) is 1.59. The maximum Gasteiger partial charge on any atom is 0.365 e. The van der Waals surface area contributed by atoms with Crippen LogP contribution in [-0.2, 0) is 9.53 Å². The van der Waals surface area contributed by atoms with Crippen LogP contribution in [0.2, 0.25) is 0 Å². The number of benzene rings is 3. The maximum atomic E-state index is 12.6. The van der Waals surface area contributed by atoms with E-state index in [2.05, 4.69) is 10.3 Å². The molecule has 5 rings (SSSR count). The van der Waals surface area contributed by atoms with E-state index in [0.29, 0.717) is 43.5 Å². The summed E-state index contributed by atoms with van der Waals surface area (Å²) in [5.74, 6) is 0.520. The fourth-order valence-corrected chi connectivity index (χ4v) is 4.06. The van der Waals surface area contributed by atoms with Crippen molar-refractivity contribution in [1.29, 1.82) is 0 Å². The minimum absolute atomic E-state index is 0.169. The zero-order valence-electron chi connectivity index (χ0n) is 18.7. The Morgan fingerprint density at radius 3 is 2.62 bits per heavy atom. The van der Waals surface area contributed by atoms with Gasteiger partial charge in [-0.05, 0) is 29.0 Å². The topological polar surface area (TPSA) is 83.5 Å². The molecule has 0 bridgehead atoms. The molecule has 1 fully saturated rings. The highest BCUT2D eigenvalue weighted by atomic mass is 16.6. The minimum Gasteiger partial charge on any atom is -0.497 e. The number of amides is 2. The number of aliphatic imine (C=N–C) groups is 1. The van der Waals surface area contributed by atoms with Gasteiger partial charge in [0, 0.05) is 49.7 Å². The normalized spacial score (nSPS) is 17.0. The molecule has 8 heteroatoms. The molecule has 0 saturated carbocycles. The molecule has 2 heterocycles. The first-order valence-corrected chi connectivity index (χ1v) is 11.1. The van der Waals surface area contributed by atoms with E-state index in [1.54, 1.807) is 24.3 Å². The highest BCUT2D eigenvalue weighted by Crippen LogP contribution is 2.24. The number of methoxy groups -OCH3 is 1. The van der Waals surface area contributed by atoms with E-state index in [1.165, 1.54) is 0 Å². The largest absolute Gasteiger partial charge is 0.497 e. The van der Waals surface area contributed by atoms with Crippen LogP contribution in [0.4, 0.5) is 10.5 Å². The predicted octanol–water partition coefficient (Wildman–Crippen LogP) is 3.84. The number of hydrogen-bond donors (Lipinski definition) is 1. The first kappa shape index (κ1) is 21.5. The molecule has 8 nitrogen and oxygen atoms in total. The van der Waals surface area contributed by atoms with Gasteiger partial charge in [-0.2, -0.15) is 0 Å². The third-order valence-electron chi connectivity index (χ3n) is 5.87. The lowest BCUT2D eigenvalue weighted by Crippen LogP contribution is -2.48. The summed E-state index contributed by atoms with van der Waals surface area (Å²) in [6, 6.07) is 20.8. The molecule has 2 aliphatic rings. The molecule has 34 heavy (non-hydrogen) atoms. The number of piperazine rings is 1. The van der Waals surface area contributed by atoms with Gasteiger partial charge >= 0.3 is 12.0 Å². The van der Waals surface area contributed by atoms with Crippen LogP contribution in [0.3, 0.4) is 0 Å². The average molecular weight is 457 g/mol. The van der Waals surface area contributed by atoms with Crippen LogP contribution < -0.4 is 10.1 Å². The van der Waals surface area contributed by atoms with E-state index >= 15 is 0 Å². The molecular formula is C26H24N4O4. The summed E-state index contributed by atoms with van der Waals surface area (Å²) in [4.78, 5) is 33.3. The Balaban J connectivity index is 1.24. The number of fused-ring (bicyclic) bond motifs is 1. The van der Waals surface area contributed by atoms with Gasteiger partial charge in [-0.25, -0.2) is 14.6 Å². The van der Waals surface area contributed by atoms with Crippen molar-refractivity contribution in [3.63, 3.8) is 0 Å². The van der Waals surface area contributed by atoms with Gasteiger partial charge in [0.25, 0.3) is 0 Å². The van der Waals surface area contributed by atoms with Gasteiger partial charge in [0.15, 0.2) is 5.70 Å². The Bertz CT molecular complexity index is 1300. The molecule has 0 spiro atoms. The number of ether oxygens (including phenoxy) is 2. The van der Waals surface area contributed by atoms with E-state index in [9.17, 15) is 9.59 Å². The zero-order chi connectivity index (χ0) is 23.5. The van der Waals surface area contributed by atoms with Crippen LogP contribution in [0.15, 0.2) is 83.6 Å². The Morgan fingerprint density at radius 1 is 1.03 bits per heavy atom. The molecule has 0 radical (unpaired) electrons. The predicted molar refractivity (Wildman–Crippen MR) is 130 cm³/mol. The molecule has 1 N–H and O–H groups in total. The van der Waals surface area contributed by atoms with E-state index in [4.69, 9.17) is 9.47 Å². The van der Waals surface area contributed by atoms with E-state index in [0.717, 1.165) is 16.3 Å². The van der Waals surface area contributed by atoms with Gasteiger partial charge in [-0.15, -0.1) is 0 Å². The van der Waals surface area contributed by atoms with Crippen molar-refractivity contribution < 1.29 is 19.1 Å². The van der Waals surface area contributed by atoms with Crippen molar-refractivity contribution in [2.24, 2.45) is 4.99 Å². The van der Waals surface area contributed by atoms with E-state index < -0.39 is 5.97 Å². The number of carbonyl (C=O) groups is 2. The van der Waals surface area contributed by atoms with Crippen LogP contribution >= 0.6 is 0 Å². The van der Waals surface area contributed by atoms with Crippen LogP contribution in [-0.4, -0.2) is 61.0 Å². The maximum absolute atomic E-state index is 12.6. The van der Waals surface area contributed by atoms with Crippen LogP contribution in [0.25, 0.3) is 10.8 Å². The number of cyclic esters (lactones) is 1. The Kier molecular flexibility index (Phi) is 5.86. The fourth-order valence-electron chi connectivity index (χ4n) is 4.06. The number of hydrogen-bond acceptors (Lipinski definition) is 6. The smallest absolute Gasteiger partial charge is 0.365 e. The number of nitrogens with zero attached hydrogens (tertiary/aromatic N) is 3. The van der Waals surface area contributed by atoms with Crippen molar-refractivity contribution in [2.45, 2.75) is 0 Å². The Labute approximate surface area is 197 Å². The van der Waals surface area contributed by atoms with Gasteiger partial charge in [-0.3, -0.25) is 0 Å². The zero-order valence-corrected chi connectivity index (χ0v) is 18.7. The third-order valence-corrected chi connectivity index (χ3v) is 5.87. The van der Waals surface area contributed by atoms with Crippen molar-refractivity contribution in [2.75, 3.05) is 38.6 Å². The summed E-state index contributed by atoms with van der Waals surface area (Å²) in [6.45, 7) is 2.21. The standard InChI is InChI=1S/C26H24N4O4/c1-33-20-9-5-8-19(16-20)27-26(32)30-14-12-29(13-15-30)17-23-25(31)34-24(28-23)22-11-4-7-18-6-2-3-10-21(18)22/h2-11,16-17H,12-15H2,1H3,(H,27,32). The highest BCUT2D eigenvalue weighted by Gasteiger charge is 2.27. The molecule has 0 atom stereocenters. The molecule has 0 aliphatic carbocycles. The quantitative estimate of drug-likeness (QED) is 0.476. The molecular weight excluding hydrogens is 432 g/mol. The summed E-state index contributed by atoms with van der Waals surface area (Å²) >= 11 is 0. The number of nitrogens with one attached hydrogen (secondary N) is 1. The Morgan fingerprint density at radius 2 is 1.79 bits per heavy atom. The molecule has 3 aromatic carbocycles. The average Bonchev–Trinajstić information content (AvgIpc) is 3.23. The van der Waals surface area contributed by atoms with Crippen LogP contribution in [0, 0.1) is 0 Å². The monoisotopic (exact) mass is 456 g/mol. The SMILES string of the molecule is COc1cccc(NC(=O)N2CCN(C=C3N=C(c4cccc5ccccc45)OC3=O)CC2)c1. The lowest BCUT2D eigenvalue weighted by Gasteiger charge is -2.34. The van der Waals surface area contributed by atoms with Crippen molar-refractivity contribution >= 4 is 34.4 Å². The lowest BCUT2D eigenvalue weighted by molar-refractivity contribution is -0.130. The molecule has 2 aliphatic heterocycles. The van der Waals surface area contributed by atoms with E-state index in [1.807, 2.05) is 65.6 Å². The number of urea groups is 1. The van der Waals surface area contributed by atoms with Gasteiger partial charge in [0.05, 0.1) is 7.11 Å². The third kappa shape index (κ3) is 4.43. The fraction of sp³-hybridized carbons (Fsp3) is 0.192. The van der Waals surface area contributed by atoms with E-state index in [-0.39, 0.29) is 11.7 Å². The summed E-state index contributed by atoms with van der Waals surface area (Å²) in [5, 5.41) is 4.93. The Hall–Kier alpha value is -4.33. The number of carbonyl (C=O) groups excluding carboxylic acids is 2. The van der Waals surface area contributed by atoms with Gasteiger partial charge in [0.1, 0.15) is 5.75 Å². The van der Waals surface area contributed by atoms with Crippen molar-refractivity contribution in [1.82, 2.24) is 9.80 Å². The highest BCUT2D eigenvalue weighted by molar-refractivity contribution is 6.16. The molecule has 3 aromatic rings. The lowest BCUT2D eigenvalue weighted by atomic mass is 10.0. The molecule has 0 aromatic heterocycles. The first-order chi connectivity index (χ1) is 16.6. The first-order valence-electron chi connectivity index (χ1n) is 11.1. The molecule has 2 amide bonds.